The van der Waals surface area contributed by atoms with Gasteiger partial charge in [0.25, 0.3) is 5.91 Å². The standard InChI is InChI=1S/C17H19N5O2/c18-6-2-8-21(12-14-5-10-24-13-14)17(23)15-3-1-4-16(11-15)22-9-7-19-20-22/h1,3-4,7,9,11,14H,2,5,8,10,12-13H2. The molecule has 1 fully saturated rings. The minimum Gasteiger partial charge on any atom is -0.381 e. The number of hydrogen-bond donors (Lipinski definition) is 0. The number of amides is 1. The van der Waals surface area contributed by atoms with Gasteiger partial charge >= 0.3 is 0 Å². The topological polar surface area (TPSA) is 84.0 Å². The van der Waals surface area contributed by atoms with Gasteiger partial charge in [-0.2, -0.15) is 5.26 Å². The zero-order valence-electron chi connectivity index (χ0n) is 13.3. The number of nitriles is 1. The largest absolute Gasteiger partial charge is 0.381 e. The van der Waals surface area contributed by atoms with E-state index in [2.05, 4.69) is 16.4 Å². The summed E-state index contributed by atoms with van der Waals surface area (Å²) in [6, 6.07) is 9.39. The second-order valence-corrected chi connectivity index (χ2v) is 5.79. The van der Waals surface area contributed by atoms with Crippen LogP contribution in [0.4, 0.5) is 0 Å². The SMILES string of the molecule is N#CCCN(CC1CCOC1)C(=O)c1cccc(-n2ccnn2)c1. The van der Waals surface area contributed by atoms with Crippen molar-refractivity contribution in [3.8, 4) is 11.8 Å². The van der Waals surface area contributed by atoms with Crippen LogP contribution in [0, 0.1) is 17.2 Å². The summed E-state index contributed by atoms with van der Waals surface area (Å²) in [5.74, 6) is 0.269. The first-order valence-electron chi connectivity index (χ1n) is 7.98. The van der Waals surface area contributed by atoms with E-state index in [0.717, 1.165) is 18.7 Å². The number of ether oxygens (including phenoxy) is 1. The Bertz CT molecular complexity index is 717. The highest BCUT2D eigenvalue weighted by molar-refractivity contribution is 5.94. The van der Waals surface area contributed by atoms with Crippen LogP contribution in [-0.4, -0.2) is 52.1 Å². The number of carbonyl (C=O) groups excluding carboxylic acids is 1. The molecule has 1 unspecified atom stereocenters. The Morgan fingerprint density at radius 3 is 3.12 bits per heavy atom. The van der Waals surface area contributed by atoms with Gasteiger partial charge in [0.1, 0.15) is 0 Å². The van der Waals surface area contributed by atoms with Gasteiger partial charge in [0, 0.05) is 31.2 Å². The van der Waals surface area contributed by atoms with E-state index in [1.54, 1.807) is 34.1 Å². The first-order chi connectivity index (χ1) is 11.8. The predicted molar refractivity (Wildman–Crippen MR) is 86.4 cm³/mol. The highest BCUT2D eigenvalue weighted by Crippen LogP contribution is 2.17. The van der Waals surface area contributed by atoms with Gasteiger partial charge in [-0.05, 0) is 24.6 Å². The van der Waals surface area contributed by atoms with E-state index in [4.69, 9.17) is 10.00 Å². The molecule has 0 bridgehead atoms. The molecule has 3 rings (SSSR count). The molecule has 1 atom stereocenters. The fourth-order valence-electron chi connectivity index (χ4n) is 2.81. The van der Waals surface area contributed by atoms with Crippen LogP contribution in [0.25, 0.3) is 5.69 Å². The molecule has 0 N–H and O–H groups in total. The Morgan fingerprint density at radius 1 is 1.50 bits per heavy atom. The summed E-state index contributed by atoms with van der Waals surface area (Å²) in [5.41, 5.74) is 1.36. The summed E-state index contributed by atoms with van der Waals surface area (Å²) in [7, 11) is 0. The van der Waals surface area contributed by atoms with E-state index in [-0.39, 0.29) is 5.91 Å². The van der Waals surface area contributed by atoms with Crippen LogP contribution in [0.3, 0.4) is 0 Å². The molecule has 0 spiro atoms. The van der Waals surface area contributed by atoms with Crippen LogP contribution in [-0.2, 0) is 4.74 Å². The minimum atomic E-state index is -0.0703. The van der Waals surface area contributed by atoms with Crippen LogP contribution >= 0.6 is 0 Å². The molecule has 1 aliphatic rings. The van der Waals surface area contributed by atoms with Gasteiger partial charge in [0.05, 0.1) is 37.2 Å². The molecule has 0 radical (unpaired) electrons. The van der Waals surface area contributed by atoms with Crippen molar-refractivity contribution in [1.29, 1.82) is 5.26 Å². The Kier molecular flexibility index (Phi) is 5.18. The monoisotopic (exact) mass is 325 g/mol. The van der Waals surface area contributed by atoms with Crippen molar-refractivity contribution in [1.82, 2.24) is 19.9 Å². The normalized spacial score (nSPS) is 16.7. The molecule has 0 saturated carbocycles. The lowest BCUT2D eigenvalue weighted by Gasteiger charge is -2.24. The van der Waals surface area contributed by atoms with E-state index in [0.29, 0.717) is 37.6 Å². The van der Waals surface area contributed by atoms with Crippen LogP contribution in [0.5, 0.6) is 0 Å². The molecule has 7 heteroatoms. The number of carbonyl (C=O) groups is 1. The molecular weight excluding hydrogens is 306 g/mol. The van der Waals surface area contributed by atoms with Crippen molar-refractivity contribution in [3.63, 3.8) is 0 Å². The number of nitrogens with zero attached hydrogens (tertiary/aromatic N) is 5. The van der Waals surface area contributed by atoms with Crippen molar-refractivity contribution in [2.24, 2.45) is 5.92 Å². The Hall–Kier alpha value is -2.72. The molecule has 1 saturated heterocycles. The van der Waals surface area contributed by atoms with Crippen molar-refractivity contribution < 1.29 is 9.53 Å². The lowest BCUT2D eigenvalue weighted by atomic mass is 10.1. The average molecular weight is 325 g/mol. The molecule has 0 aliphatic carbocycles. The highest BCUT2D eigenvalue weighted by Gasteiger charge is 2.23. The van der Waals surface area contributed by atoms with Gasteiger partial charge in [-0.15, -0.1) is 5.10 Å². The second kappa shape index (κ2) is 7.70. The zero-order chi connectivity index (χ0) is 16.8. The van der Waals surface area contributed by atoms with Gasteiger partial charge in [0.15, 0.2) is 0 Å². The Balaban J connectivity index is 1.78. The van der Waals surface area contributed by atoms with Gasteiger partial charge in [0.2, 0.25) is 0 Å². The summed E-state index contributed by atoms with van der Waals surface area (Å²) >= 11 is 0. The number of benzene rings is 1. The van der Waals surface area contributed by atoms with Crippen molar-refractivity contribution in [2.45, 2.75) is 12.8 Å². The summed E-state index contributed by atoms with van der Waals surface area (Å²) < 4.78 is 7.01. The van der Waals surface area contributed by atoms with E-state index < -0.39 is 0 Å². The maximum absolute atomic E-state index is 12.9. The van der Waals surface area contributed by atoms with Crippen LogP contribution in [0.1, 0.15) is 23.2 Å². The van der Waals surface area contributed by atoms with Gasteiger partial charge in [-0.3, -0.25) is 4.79 Å². The molecule has 1 aromatic carbocycles. The smallest absolute Gasteiger partial charge is 0.253 e. The third-order valence-corrected chi connectivity index (χ3v) is 4.06. The maximum Gasteiger partial charge on any atom is 0.253 e. The van der Waals surface area contributed by atoms with Crippen LogP contribution in [0.15, 0.2) is 36.7 Å². The summed E-state index contributed by atoms with van der Waals surface area (Å²) in [5, 5.41) is 16.6. The number of hydrogen-bond acceptors (Lipinski definition) is 5. The maximum atomic E-state index is 12.9. The van der Waals surface area contributed by atoms with Gasteiger partial charge in [-0.1, -0.05) is 11.3 Å². The van der Waals surface area contributed by atoms with Gasteiger partial charge in [-0.25, -0.2) is 4.68 Å². The summed E-state index contributed by atoms with van der Waals surface area (Å²) in [6.07, 6.45) is 4.60. The molecule has 24 heavy (non-hydrogen) atoms. The van der Waals surface area contributed by atoms with Crippen LogP contribution in [0.2, 0.25) is 0 Å². The quantitative estimate of drug-likeness (QED) is 0.806. The van der Waals surface area contributed by atoms with E-state index in [1.807, 2.05) is 12.1 Å². The summed E-state index contributed by atoms with van der Waals surface area (Å²) in [4.78, 5) is 14.6. The fraction of sp³-hybridized carbons (Fsp3) is 0.412. The van der Waals surface area contributed by atoms with Gasteiger partial charge < -0.3 is 9.64 Å². The molecule has 1 aromatic heterocycles. The summed E-state index contributed by atoms with van der Waals surface area (Å²) in [6.45, 7) is 2.47. The molecule has 2 aromatic rings. The molecule has 1 amide bonds. The lowest BCUT2D eigenvalue weighted by molar-refractivity contribution is 0.0724. The lowest BCUT2D eigenvalue weighted by Crippen LogP contribution is -2.36. The second-order valence-electron chi connectivity index (χ2n) is 5.79. The van der Waals surface area contributed by atoms with Crippen molar-refractivity contribution >= 4 is 5.91 Å². The van der Waals surface area contributed by atoms with Crippen LogP contribution < -0.4 is 0 Å². The Morgan fingerprint density at radius 2 is 2.42 bits per heavy atom. The van der Waals surface area contributed by atoms with E-state index in [9.17, 15) is 4.79 Å². The highest BCUT2D eigenvalue weighted by atomic mass is 16.5. The predicted octanol–water partition coefficient (Wildman–Crippen LogP) is 1.66. The minimum absolute atomic E-state index is 0.0703. The molecular formula is C17H19N5O2. The molecule has 1 aliphatic heterocycles. The average Bonchev–Trinajstić information content (AvgIpc) is 3.31. The third-order valence-electron chi connectivity index (χ3n) is 4.06. The van der Waals surface area contributed by atoms with Crippen molar-refractivity contribution in [3.05, 3.63) is 42.2 Å². The first-order valence-corrected chi connectivity index (χ1v) is 7.98. The van der Waals surface area contributed by atoms with E-state index >= 15 is 0 Å². The molecule has 2 heterocycles. The molecule has 124 valence electrons. The fourth-order valence-corrected chi connectivity index (χ4v) is 2.81. The van der Waals surface area contributed by atoms with E-state index in [1.165, 1.54) is 0 Å². The number of aromatic nitrogens is 3. The van der Waals surface area contributed by atoms with Crippen molar-refractivity contribution in [2.75, 3.05) is 26.3 Å². The Labute approximate surface area is 140 Å². The first kappa shape index (κ1) is 16.1. The zero-order valence-corrected chi connectivity index (χ0v) is 13.3. The third kappa shape index (κ3) is 3.78. The number of rotatable bonds is 6. The molecule has 7 nitrogen and oxygen atoms in total.